The molecule has 0 radical (unpaired) electrons. The molecule has 3 aromatic carbocycles. The molecular formula is C27H26FNO4. The van der Waals surface area contributed by atoms with Crippen molar-refractivity contribution in [3.63, 3.8) is 0 Å². The number of anilines is 1. The van der Waals surface area contributed by atoms with Crippen LogP contribution in [0.15, 0.2) is 54.6 Å². The van der Waals surface area contributed by atoms with E-state index in [9.17, 15) is 14.0 Å². The van der Waals surface area contributed by atoms with Gasteiger partial charge in [-0.3, -0.25) is 4.79 Å². The fourth-order valence-electron chi connectivity index (χ4n) is 4.10. The van der Waals surface area contributed by atoms with E-state index in [4.69, 9.17) is 9.47 Å². The van der Waals surface area contributed by atoms with Gasteiger partial charge in [-0.2, -0.15) is 0 Å². The molecule has 1 heterocycles. The Hall–Kier alpha value is -3.67. The number of benzene rings is 3. The van der Waals surface area contributed by atoms with Gasteiger partial charge in [-0.1, -0.05) is 23.8 Å². The molecule has 33 heavy (non-hydrogen) atoms. The normalized spacial score (nSPS) is 14.3. The van der Waals surface area contributed by atoms with Gasteiger partial charge in [-0.25, -0.2) is 9.18 Å². The maximum absolute atomic E-state index is 14.2. The summed E-state index contributed by atoms with van der Waals surface area (Å²) in [6.07, 6.45) is 0.179. The van der Waals surface area contributed by atoms with E-state index >= 15 is 0 Å². The molecule has 0 atom stereocenters. The molecule has 0 aliphatic carbocycles. The molecule has 5 nitrogen and oxygen atoms in total. The van der Waals surface area contributed by atoms with E-state index in [1.807, 2.05) is 39.0 Å². The Kier molecular flexibility index (Phi) is 5.93. The Morgan fingerprint density at radius 1 is 1.09 bits per heavy atom. The number of halogens is 1. The summed E-state index contributed by atoms with van der Waals surface area (Å²) in [4.78, 5) is 25.5. The minimum absolute atomic E-state index is 0.0182. The van der Waals surface area contributed by atoms with E-state index in [1.165, 1.54) is 19.2 Å². The summed E-state index contributed by atoms with van der Waals surface area (Å²) in [5.41, 5.74) is 4.04. The van der Waals surface area contributed by atoms with Crippen molar-refractivity contribution < 1.29 is 23.5 Å². The van der Waals surface area contributed by atoms with Gasteiger partial charge in [0, 0.05) is 23.2 Å². The largest absolute Gasteiger partial charge is 0.496 e. The van der Waals surface area contributed by atoms with Crippen molar-refractivity contribution in [3.05, 3.63) is 82.7 Å². The first-order valence-electron chi connectivity index (χ1n) is 10.7. The van der Waals surface area contributed by atoms with Crippen molar-refractivity contribution in [3.8, 4) is 16.9 Å². The van der Waals surface area contributed by atoms with Gasteiger partial charge in [0.15, 0.2) is 5.78 Å². The summed E-state index contributed by atoms with van der Waals surface area (Å²) in [5, 5.41) is 3.28. The molecule has 4 rings (SSSR count). The number of fused-ring (bicyclic) bond motifs is 1. The lowest BCUT2D eigenvalue weighted by molar-refractivity contribution is -0.122. The molecular weight excluding hydrogens is 421 g/mol. The zero-order chi connectivity index (χ0) is 23.8. The fourth-order valence-corrected chi connectivity index (χ4v) is 4.10. The monoisotopic (exact) mass is 447 g/mol. The highest BCUT2D eigenvalue weighted by molar-refractivity contribution is 5.97. The van der Waals surface area contributed by atoms with E-state index in [0.717, 1.165) is 16.8 Å². The standard InChI is InChI=1S/C27H26FNO4/c1-16-6-5-7-17(12-16)26(31)33-15-22-19(21-13-18(28)8-11-24(21)32-4)9-10-23-20(22)14-25(30)27(2,3)29-23/h5-13,29H,14-15H2,1-4H3. The minimum atomic E-state index is -0.708. The van der Waals surface area contributed by atoms with Crippen LogP contribution in [0.5, 0.6) is 5.75 Å². The van der Waals surface area contributed by atoms with Crippen molar-refractivity contribution in [1.29, 1.82) is 0 Å². The average Bonchev–Trinajstić information content (AvgIpc) is 2.78. The number of hydrogen-bond donors (Lipinski definition) is 1. The summed E-state index contributed by atoms with van der Waals surface area (Å²) in [7, 11) is 1.51. The second kappa shape index (κ2) is 8.70. The van der Waals surface area contributed by atoms with Crippen LogP contribution in [0.1, 0.15) is 40.9 Å². The van der Waals surface area contributed by atoms with Gasteiger partial charge in [0.25, 0.3) is 0 Å². The molecule has 6 heteroatoms. The highest BCUT2D eigenvalue weighted by Crippen LogP contribution is 2.40. The lowest BCUT2D eigenvalue weighted by Gasteiger charge is -2.34. The van der Waals surface area contributed by atoms with Crippen molar-refractivity contribution in [1.82, 2.24) is 0 Å². The van der Waals surface area contributed by atoms with Crippen LogP contribution in [0.4, 0.5) is 10.1 Å². The maximum atomic E-state index is 14.2. The van der Waals surface area contributed by atoms with Gasteiger partial charge < -0.3 is 14.8 Å². The van der Waals surface area contributed by atoms with Crippen LogP contribution >= 0.6 is 0 Å². The van der Waals surface area contributed by atoms with Crippen molar-refractivity contribution >= 4 is 17.4 Å². The third kappa shape index (κ3) is 4.46. The third-order valence-corrected chi connectivity index (χ3v) is 5.97. The molecule has 0 amide bonds. The molecule has 0 aromatic heterocycles. The molecule has 0 fully saturated rings. The molecule has 0 unspecified atom stereocenters. The van der Waals surface area contributed by atoms with Crippen LogP contribution < -0.4 is 10.1 Å². The van der Waals surface area contributed by atoms with E-state index in [0.29, 0.717) is 28.0 Å². The molecule has 0 saturated carbocycles. The molecule has 0 spiro atoms. The number of esters is 1. The Balaban J connectivity index is 1.80. The van der Waals surface area contributed by atoms with Crippen LogP contribution in [-0.4, -0.2) is 24.4 Å². The first-order valence-corrected chi connectivity index (χ1v) is 10.7. The summed E-state index contributed by atoms with van der Waals surface area (Å²) in [5.74, 6) is -0.381. The Morgan fingerprint density at radius 2 is 1.88 bits per heavy atom. The molecule has 0 saturated heterocycles. The zero-order valence-corrected chi connectivity index (χ0v) is 19.1. The predicted molar refractivity (Wildman–Crippen MR) is 125 cm³/mol. The van der Waals surface area contributed by atoms with Crippen LogP contribution in [-0.2, 0) is 22.6 Å². The quantitative estimate of drug-likeness (QED) is 0.525. The van der Waals surface area contributed by atoms with Gasteiger partial charge in [-0.15, -0.1) is 0 Å². The van der Waals surface area contributed by atoms with Gasteiger partial charge >= 0.3 is 5.97 Å². The molecule has 1 aliphatic heterocycles. The minimum Gasteiger partial charge on any atom is -0.496 e. The number of Topliss-reactive ketones (excluding diaryl/α,β-unsaturated/α-hetero) is 1. The molecule has 1 N–H and O–H groups in total. The first-order chi connectivity index (χ1) is 15.7. The van der Waals surface area contributed by atoms with Crippen molar-refractivity contribution in [2.75, 3.05) is 12.4 Å². The SMILES string of the molecule is COc1ccc(F)cc1-c1ccc2c(c1COC(=O)c1cccc(C)c1)CC(=O)C(C)(C)N2. The van der Waals surface area contributed by atoms with Crippen molar-refractivity contribution in [2.24, 2.45) is 0 Å². The zero-order valence-electron chi connectivity index (χ0n) is 19.1. The smallest absolute Gasteiger partial charge is 0.338 e. The second-order valence-electron chi connectivity index (χ2n) is 8.76. The van der Waals surface area contributed by atoms with E-state index in [1.54, 1.807) is 24.3 Å². The van der Waals surface area contributed by atoms with Gasteiger partial charge in [0.2, 0.25) is 0 Å². The number of nitrogens with one attached hydrogen (secondary N) is 1. The van der Waals surface area contributed by atoms with Crippen LogP contribution in [0.2, 0.25) is 0 Å². The summed E-state index contributed by atoms with van der Waals surface area (Å²) >= 11 is 0. The lowest BCUT2D eigenvalue weighted by atomic mass is 9.83. The van der Waals surface area contributed by atoms with E-state index in [-0.39, 0.29) is 18.8 Å². The van der Waals surface area contributed by atoms with E-state index < -0.39 is 17.3 Å². The average molecular weight is 448 g/mol. The van der Waals surface area contributed by atoms with Gasteiger partial charge in [-0.05, 0) is 68.3 Å². The van der Waals surface area contributed by atoms with Gasteiger partial charge in [0.1, 0.15) is 18.2 Å². The fraction of sp³-hybridized carbons (Fsp3) is 0.259. The summed E-state index contributed by atoms with van der Waals surface area (Å²) < 4.78 is 25.3. The first kappa shape index (κ1) is 22.5. The molecule has 170 valence electrons. The molecule has 1 aliphatic rings. The Morgan fingerprint density at radius 3 is 2.61 bits per heavy atom. The van der Waals surface area contributed by atoms with Crippen LogP contribution in [0.25, 0.3) is 11.1 Å². The topological polar surface area (TPSA) is 64.6 Å². The number of rotatable bonds is 5. The number of carbonyl (C=O) groups excluding carboxylic acids is 2. The maximum Gasteiger partial charge on any atom is 0.338 e. The highest BCUT2D eigenvalue weighted by Gasteiger charge is 2.35. The highest BCUT2D eigenvalue weighted by atomic mass is 19.1. The Labute approximate surface area is 192 Å². The van der Waals surface area contributed by atoms with Crippen LogP contribution in [0, 0.1) is 12.7 Å². The summed E-state index contributed by atoms with van der Waals surface area (Å²) in [6.45, 7) is 5.50. The number of hydrogen-bond acceptors (Lipinski definition) is 5. The molecule has 3 aromatic rings. The second-order valence-corrected chi connectivity index (χ2v) is 8.76. The third-order valence-electron chi connectivity index (χ3n) is 5.97. The number of methoxy groups -OCH3 is 1. The lowest BCUT2D eigenvalue weighted by Crippen LogP contribution is -2.45. The predicted octanol–water partition coefficient (Wildman–Crippen LogP) is 5.48. The van der Waals surface area contributed by atoms with Crippen LogP contribution in [0.3, 0.4) is 0 Å². The number of aryl methyl sites for hydroxylation is 1. The Bertz CT molecular complexity index is 1250. The van der Waals surface area contributed by atoms with Gasteiger partial charge in [0.05, 0.1) is 18.2 Å². The number of ketones is 1. The summed E-state index contributed by atoms with van der Waals surface area (Å²) in [6, 6.07) is 15.1. The van der Waals surface area contributed by atoms with E-state index in [2.05, 4.69) is 5.32 Å². The number of ether oxygens (including phenoxy) is 2. The number of carbonyl (C=O) groups is 2. The van der Waals surface area contributed by atoms with Crippen molar-refractivity contribution in [2.45, 2.75) is 39.3 Å². The molecule has 0 bridgehead atoms.